The third-order valence-electron chi connectivity index (χ3n) is 7.56. The number of carbonyl (C=O) groups excluding carboxylic acids is 1. The van der Waals surface area contributed by atoms with Crippen molar-refractivity contribution in [3.05, 3.63) is 47.0 Å². The number of likely N-dealkylation sites (tertiary alicyclic amines) is 1. The number of benzene rings is 1. The zero-order valence-corrected chi connectivity index (χ0v) is 19.7. The maximum atomic E-state index is 13.3. The number of hydrogen-bond donors (Lipinski definition) is 0. The first-order valence-corrected chi connectivity index (χ1v) is 12.5. The fraction of sp³-hybridized carbons (Fsp3) is 0.667. The standard InChI is InChI=1S/C27H41N3O/c1-28(2)15-8-16-30(27(31)23-9-4-3-5-10-23)21-22-13-17-29(18-14-22)26-19-24-11-6-7-12-25(24)20-26/h6-7,9,11-12,22,26H,3-5,8,10,13-21H2,1-2H3. The Morgan fingerprint density at radius 2 is 1.74 bits per heavy atom. The van der Waals surface area contributed by atoms with Gasteiger partial charge in [-0.05, 0) is 109 Å². The molecular formula is C27H41N3O. The van der Waals surface area contributed by atoms with Crippen LogP contribution in [0.3, 0.4) is 0 Å². The lowest BCUT2D eigenvalue weighted by Crippen LogP contribution is -2.45. The molecule has 1 saturated heterocycles. The van der Waals surface area contributed by atoms with Gasteiger partial charge >= 0.3 is 0 Å². The van der Waals surface area contributed by atoms with E-state index in [1.165, 1.54) is 51.6 Å². The van der Waals surface area contributed by atoms with E-state index in [9.17, 15) is 4.79 Å². The molecule has 1 amide bonds. The van der Waals surface area contributed by atoms with Crippen LogP contribution in [0.4, 0.5) is 0 Å². The maximum Gasteiger partial charge on any atom is 0.249 e. The van der Waals surface area contributed by atoms with Gasteiger partial charge in [0.1, 0.15) is 0 Å². The third-order valence-corrected chi connectivity index (χ3v) is 7.56. The SMILES string of the molecule is CN(C)CCCN(CC1CCN(C2Cc3ccccc3C2)CC1)C(=O)C1=CCCCC1. The van der Waals surface area contributed by atoms with Crippen LogP contribution in [-0.2, 0) is 17.6 Å². The predicted molar refractivity (Wildman–Crippen MR) is 128 cm³/mol. The summed E-state index contributed by atoms with van der Waals surface area (Å²) in [4.78, 5) is 20.4. The Hall–Kier alpha value is -1.65. The van der Waals surface area contributed by atoms with E-state index in [0.29, 0.717) is 17.9 Å². The predicted octanol–water partition coefficient (Wildman–Crippen LogP) is 4.15. The molecule has 1 fully saturated rings. The molecule has 1 aliphatic heterocycles. The molecule has 0 unspecified atom stereocenters. The minimum atomic E-state index is 0.326. The van der Waals surface area contributed by atoms with E-state index in [1.807, 2.05) is 0 Å². The molecule has 0 radical (unpaired) electrons. The molecule has 0 N–H and O–H groups in total. The van der Waals surface area contributed by atoms with Gasteiger partial charge in [0.15, 0.2) is 0 Å². The van der Waals surface area contributed by atoms with Crippen LogP contribution in [0.15, 0.2) is 35.9 Å². The van der Waals surface area contributed by atoms with Gasteiger partial charge in [0.25, 0.3) is 0 Å². The summed E-state index contributed by atoms with van der Waals surface area (Å²) in [6.07, 6.45) is 12.6. The van der Waals surface area contributed by atoms with Gasteiger partial charge in [-0.1, -0.05) is 30.3 Å². The molecular weight excluding hydrogens is 382 g/mol. The van der Waals surface area contributed by atoms with E-state index in [4.69, 9.17) is 0 Å². The molecule has 1 aromatic carbocycles. The largest absolute Gasteiger partial charge is 0.339 e. The van der Waals surface area contributed by atoms with Crippen LogP contribution < -0.4 is 0 Å². The van der Waals surface area contributed by atoms with Crippen LogP contribution in [0.5, 0.6) is 0 Å². The lowest BCUT2D eigenvalue weighted by atomic mass is 9.93. The minimum absolute atomic E-state index is 0.326. The molecule has 0 atom stereocenters. The molecule has 0 aromatic heterocycles. The lowest BCUT2D eigenvalue weighted by molar-refractivity contribution is -0.128. The van der Waals surface area contributed by atoms with Gasteiger partial charge in [-0.3, -0.25) is 9.69 Å². The van der Waals surface area contributed by atoms with Crippen LogP contribution in [0.1, 0.15) is 56.1 Å². The van der Waals surface area contributed by atoms with Gasteiger partial charge in [0.2, 0.25) is 5.91 Å². The highest BCUT2D eigenvalue weighted by atomic mass is 16.2. The molecule has 0 spiro atoms. The van der Waals surface area contributed by atoms with Crippen molar-refractivity contribution in [3.63, 3.8) is 0 Å². The molecule has 3 aliphatic rings. The molecule has 4 rings (SSSR count). The normalized spacial score (nSPS) is 20.7. The van der Waals surface area contributed by atoms with Crippen molar-refractivity contribution < 1.29 is 4.79 Å². The van der Waals surface area contributed by atoms with Gasteiger partial charge in [0, 0.05) is 24.7 Å². The zero-order chi connectivity index (χ0) is 21.6. The molecule has 1 aromatic rings. The van der Waals surface area contributed by atoms with Gasteiger partial charge < -0.3 is 9.80 Å². The Bertz CT molecular complexity index is 738. The highest BCUT2D eigenvalue weighted by molar-refractivity contribution is 5.93. The fourth-order valence-electron chi connectivity index (χ4n) is 5.70. The highest BCUT2D eigenvalue weighted by Gasteiger charge is 2.31. The summed E-state index contributed by atoms with van der Waals surface area (Å²) in [5.41, 5.74) is 4.18. The Balaban J connectivity index is 1.30. The summed E-state index contributed by atoms with van der Waals surface area (Å²) < 4.78 is 0. The summed E-state index contributed by atoms with van der Waals surface area (Å²) >= 11 is 0. The van der Waals surface area contributed by atoms with E-state index in [1.54, 1.807) is 11.1 Å². The number of piperidine rings is 1. The quantitative estimate of drug-likeness (QED) is 0.629. The van der Waals surface area contributed by atoms with Crippen molar-refractivity contribution in [3.8, 4) is 0 Å². The Morgan fingerprint density at radius 1 is 1.03 bits per heavy atom. The van der Waals surface area contributed by atoms with E-state index in [2.05, 4.69) is 59.1 Å². The Kier molecular flexibility index (Phi) is 7.84. The number of allylic oxidation sites excluding steroid dienone is 1. The van der Waals surface area contributed by atoms with Gasteiger partial charge in [-0.25, -0.2) is 0 Å². The second kappa shape index (κ2) is 10.8. The van der Waals surface area contributed by atoms with Crippen molar-refractivity contribution >= 4 is 5.91 Å². The van der Waals surface area contributed by atoms with Crippen molar-refractivity contribution in [2.45, 2.75) is 63.8 Å². The lowest BCUT2D eigenvalue weighted by Gasteiger charge is -2.38. The molecule has 0 saturated carbocycles. The number of nitrogens with zero attached hydrogens (tertiary/aromatic N) is 3. The molecule has 170 valence electrons. The average molecular weight is 424 g/mol. The topological polar surface area (TPSA) is 26.8 Å². The molecule has 4 nitrogen and oxygen atoms in total. The van der Waals surface area contributed by atoms with Crippen LogP contribution in [0, 0.1) is 5.92 Å². The molecule has 0 bridgehead atoms. The Labute approximate surface area is 189 Å². The van der Waals surface area contributed by atoms with Crippen molar-refractivity contribution in [2.75, 3.05) is 46.8 Å². The van der Waals surface area contributed by atoms with Crippen LogP contribution in [-0.4, -0.2) is 73.5 Å². The first-order valence-electron chi connectivity index (χ1n) is 12.5. The second-order valence-electron chi connectivity index (χ2n) is 10.2. The average Bonchev–Trinajstić information content (AvgIpc) is 3.23. The fourth-order valence-corrected chi connectivity index (χ4v) is 5.70. The first-order chi connectivity index (χ1) is 15.1. The summed E-state index contributed by atoms with van der Waals surface area (Å²) in [5, 5.41) is 0. The molecule has 4 heteroatoms. The van der Waals surface area contributed by atoms with Gasteiger partial charge in [0.05, 0.1) is 0 Å². The van der Waals surface area contributed by atoms with Crippen LogP contribution in [0.2, 0.25) is 0 Å². The second-order valence-corrected chi connectivity index (χ2v) is 10.2. The first kappa shape index (κ1) is 22.5. The van der Waals surface area contributed by atoms with Crippen molar-refractivity contribution in [1.29, 1.82) is 0 Å². The smallest absolute Gasteiger partial charge is 0.249 e. The third kappa shape index (κ3) is 5.98. The Morgan fingerprint density at radius 3 is 2.35 bits per heavy atom. The van der Waals surface area contributed by atoms with Crippen LogP contribution in [0.25, 0.3) is 0 Å². The van der Waals surface area contributed by atoms with Gasteiger partial charge in [-0.2, -0.15) is 0 Å². The number of rotatable bonds is 8. The molecule has 1 heterocycles. The van der Waals surface area contributed by atoms with Crippen molar-refractivity contribution in [1.82, 2.24) is 14.7 Å². The summed E-state index contributed by atoms with van der Waals surface area (Å²) in [6, 6.07) is 9.65. The molecule has 2 aliphatic carbocycles. The van der Waals surface area contributed by atoms with Crippen LogP contribution >= 0.6 is 0 Å². The number of amides is 1. The summed E-state index contributed by atoms with van der Waals surface area (Å²) in [5.74, 6) is 0.972. The summed E-state index contributed by atoms with van der Waals surface area (Å²) in [7, 11) is 4.24. The van der Waals surface area contributed by atoms with Gasteiger partial charge in [-0.15, -0.1) is 0 Å². The minimum Gasteiger partial charge on any atom is -0.339 e. The number of hydrogen-bond acceptors (Lipinski definition) is 3. The zero-order valence-electron chi connectivity index (χ0n) is 19.7. The number of fused-ring (bicyclic) bond motifs is 1. The van der Waals surface area contributed by atoms with E-state index in [0.717, 1.165) is 44.5 Å². The van der Waals surface area contributed by atoms with E-state index >= 15 is 0 Å². The monoisotopic (exact) mass is 423 g/mol. The van der Waals surface area contributed by atoms with E-state index in [-0.39, 0.29) is 0 Å². The van der Waals surface area contributed by atoms with Crippen molar-refractivity contribution in [2.24, 2.45) is 5.92 Å². The maximum absolute atomic E-state index is 13.3. The highest BCUT2D eigenvalue weighted by Crippen LogP contribution is 2.29. The van der Waals surface area contributed by atoms with E-state index < -0.39 is 0 Å². The summed E-state index contributed by atoms with van der Waals surface area (Å²) in [6.45, 7) is 5.26. The number of carbonyl (C=O) groups is 1. The molecule has 31 heavy (non-hydrogen) atoms.